The SMILES string of the molecule is Nc1ccc2c(c1)OC[C@H](COCc1ccccc1)O2. The van der Waals surface area contributed by atoms with E-state index in [4.69, 9.17) is 19.9 Å². The summed E-state index contributed by atoms with van der Waals surface area (Å²) in [5.74, 6) is 1.42. The van der Waals surface area contributed by atoms with E-state index in [1.165, 1.54) is 0 Å². The molecule has 0 saturated carbocycles. The van der Waals surface area contributed by atoms with E-state index in [1.54, 1.807) is 12.1 Å². The second kappa shape index (κ2) is 5.84. The third kappa shape index (κ3) is 3.03. The third-order valence-electron chi connectivity index (χ3n) is 3.10. The van der Waals surface area contributed by atoms with Crippen molar-refractivity contribution in [3.05, 3.63) is 54.1 Å². The zero-order chi connectivity index (χ0) is 13.8. The smallest absolute Gasteiger partial charge is 0.163 e. The van der Waals surface area contributed by atoms with Crippen LogP contribution in [0.3, 0.4) is 0 Å². The molecular weight excluding hydrogens is 254 g/mol. The highest BCUT2D eigenvalue weighted by Gasteiger charge is 2.21. The minimum Gasteiger partial charge on any atom is -0.486 e. The average Bonchev–Trinajstić information content (AvgIpc) is 2.48. The van der Waals surface area contributed by atoms with Crippen molar-refractivity contribution >= 4 is 5.69 Å². The van der Waals surface area contributed by atoms with Gasteiger partial charge in [-0.1, -0.05) is 30.3 Å². The van der Waals surface area contributed by atoms with Crippen LogP contribution < -0.4 is 15.2 Å². The fourth-order valence-electron chi connectivity index (χ4n) is 2.10. The van der Waals surface area contributed by atoms with Gasteiger partial charge in [-0.05, 0) is 17.7 Å². The number of hydrogen-bond acceptors (Lipinski definition) is 4. The zero-order valence-electron chi connectivity index (χ0n) is 11.1. The number of ether oxygens (including phenoxy) is 3. The summed E-state index contributed by atoms with van der Waals surface area (Å²) < 4.78 is 17.1. The van der Waals surface area contributed by atoms with Crippen LogP contribution in [0.5, 0.6) is 11.5 Å². The molecule has 0 spiro atoms. The van der Waals surface area contributed by atoms with Gasteiger partial charge in [-0.3, -0.25) is 0 Å². The van der Waals surface area contributed by atoms with E-state index in [-0.39, 0.29) is 6.10 Å². The highest BCUT2D eigenvalue weighted by atomic mass is 16.6. The fourth-order valence-corrected chi connectivity index (χ4v) is 2.10. The zero-order valence-corrected chi connectivity index (χ0v) is 11.1. The molecule has 0 amide bonds. The molecule has 0 aromatic heterocycles. The molecule has 4 heteroatoms. The molecule has 2 N–H and O–H groups in total. The molecule has 1 atom stereocenters. The van der Waals surface area contributed by atoms with Gasteiger partial charge >= 0.3 is 0 Å². The molecule has 20 heavy (non-hydrogen) atoms. The number of nitrogen functional groups attached to an aromatic ring is 1. The van der Waals surface area contributed by atoms with Crippen LogP contribution in [-0.4, -0.2) is 19.3 Å². The largest absolute Gasteiger partial charge is 0.486 e. The Morgan fingerprint density at radius 3 is 2.80 bits per heavy atom. The van der Waals surface area contributed by atoms with Gasteiger partial charge in [0, 0.05) is 11.8 Å². The molecule has 104 valence electrons. The Hall–Kier alpha value is -2.20. The van der Waals surface area contributed by atoms with Gasteiger partial charge < -0.3 is 19.9 Å². The van der Waals surface area contributed by atoms with Gasteiger partial charge in [0.05, 0.1) is 13.2 Å². The van der Waals surface area contributed by atoms with E-state index in [1.807, 2.05) is 36.4 Å². The summed E-state index contributed by atoms with van der Waals surface area (Å²) in [7, 11) is 0. The first-order valence-corrected chi connectivity index (χ1v) is 6.62. The summed E-state index contributed by atoms with van der Waals surface area (Å²) in [5.41, 5.74) is 7.52. The molecule has 1 heterocycles. The molecule has 4 nitrogen and oxygen atoms in total. The molecule has 0 aliphatic carbocycles. The Bertz CT molecular complexity index is 571. The molecule has 0 fully saturated rings. The van der Waals surface area contributed by atoms with Crippen molar-refractivity contribution in [2.75, 3.05) is 18.9 Å². The van der Waals surface area contributed by atoms with E-state index in [9.17, 15) is 0 Å². The predicted molar refractivity (Wildman–Crippen MR) is 76.9 cm³/mol. The summed E-state index contributed by atoms with van der Waals surface area (Å²) in [5, 5.41) is 0. The lowest BCUT2D eigenvalue weighted by molar-refractivity contribution is 0.00276. The standard InChI is InChI=1S/C16H17NO3/c17-13-6-7-15-16(8-13)19-11-14(20-15)10-18-9-12-4-2-1-3-5-12/h1-8,14H,9-11,17H2/t14-/m0/s1. The second-order valence-electron chi connectivity index (χ2n) is 4.76. The van der Waals surface area contributed by atoms with Crippen molar-refractivity contribution in [2.45, 2.75) is 12.7 Å². The summed E-state index contributed by atoms with van der Waals surface area (Å²) in [6.07, 6.45) is -0.0881. The quantitative estimate of drug-likeness (QED) is 0.868. The molecule has 1 aliphatic rings. The lowest BCUT2D eigenvalue weighted by Crippen LogP contribution is -2.33. The Morgan fingerprint density at radius 1 is 1.10 bits per heavy atom. The number of anilines is 1. The van der Waals surface area contributed by atoms with Crippen molar-refractivity contribution in [1.29, 1.82) is 0 Å². The van der Waals surface area contributed by atoms with Gasteiger partial charge in [-0.15, -0.1) is 0 Å². The lowest BCUT2D eigenvalue weighted by Gasteiger charge is -2.26. The Balaban J connectivity index is 1.52. The normalized spacial score (nSPS) is 16.9. The maximum atomic E-state index is 5.82. The number of benzene rings is 2. The molecule has 0 bridgehead atoms. The van der Waals surface area contributed by atoms with Crippen molar-refractivity contribution in [1.82, 2.24) is 0 Å². The Kier molecular flexibility index (Phi) is 3.74. The van der Waals surface area contributed by atoms with Gasteiger partial charge in [0.25, 0.3) is 0 Å². The van der Waals surface area contributed by atoms with Crippen LogP contribution in [0.2, 0.25) is 0 Å². The van der Waals surface area contributed by atoms with Crippen LogP contribution in [0.15, 0.2) is 48.5 Å². The van der Waals surface area contributed by atoms with Gasteiger partial charge in [0.15, 0.2) is 17.6 Å². The predicted octanol–water partition coefficient (Wildman–Crippen LogP) is 2.63. The van der Waals surface area contributed by atoms with Crippen molar-refractivity contribution in [3.63, 3.8) is 0 Å². The first-order chi connectivity index (χ1) is 9.81. The van der Waals surface area contributed by atoms with Crippen LogP contribution >= 0.6 is 0 Å². The summed E-state index contributed by atoms with van der Waals surface area (Å²) in [6.45, 7) is 1.55. The minimum absolute atomic E-state index is 0.0881. The topological polar surface area (TPSA) is 53.7 Å². The number of rotatable bonds is 4. The molecule has 0 unspecified atom stereocenters. The van der Waals surface area contributed by atoms with Crippen molar-refractivity contribution in [3.8, 4) is 11.5 Å². The Labute approximate surface area is 118 Å². The minimum atomic E-state index is -0.0881. The highest BCUT2D eigenvalue weighted by Crippen LogP contribution is 2.33. The van der Waals surface area contributed by atoms with Crippen LogP contribution in [0.25, 0.3) is 0 Å². The maximum Gasteiger partial charge on any atom is 0.163 e. The van der Waals surface area contributed by atoms with Gasteiger partial charge in [0.1, 0.15) is 6.61 Å². The van der Waals surface area contributed by atoms with Crippen LogP contribution in [0, 0.1) is 0 Å². The number of hydrogen-bond donors (Lipinski definition) is 1. The average molecular weight is 271 g/mol. The molecule has 0 saturated heterocycles. The van der Waals surface area contributed by atoms with E-state index >= 15 is 0 Å². The third-order valence-corrected chi connectivity index (χ3v) is 3.10. The van der Waals surface area contributed by atoms with Crippen LogP contribution in [0.4, 0.5) is 5.69 Å². The molecular formula is C16H17NO3. The van der Waals surface area contributed by atoms with Crippen LogP contribution in [-0.2, 0) is 11.3 Å². The van der Waals surface area contributed by atoms with Gasteiger partial charge in [-0.2, -0.15) is 0 Å². The van der Waals surface area contributed by atoms with Crippen molar-refractivity contribution < 1.29 is 14.2 Å². The molecule has 2 aromatic carbocycles. The first-order valence-electron chi connectivity index (χ1n) is 6.62. The fraction of sp³-hybridized carbons (Fsp3) is 0.250. The van der Waals surface area contributed by atoms with E-state index in [0.29, 0.717) is 31.3 Å². The summed E-state index contributed by atoms with van der Waals surface area (Å²) in [4.78, 5) is 0. The molecule has 3 rings (SSSR count). The molecule has 1 aliphatic heterocycles. The molecule has 0 radical (unpaired) electrons. The summed E-state index contributed by atoms with van der Waals surface area (Å²) >= 11 is 0. The highest BCUT2D eigenvalue weighted by molar-refractivity contribution is 5.52. The Morgan fingerprint density at radius 2 is 1.95 bits per heavy atom. The van der Waals surface area contributed by atoms with E-state index < -0.39 is 0 Å². The molecule has 2 aromatic rings. The van der Waals surface area contributed by atoms with Crippen LogP contribution in [0.1, 0.15) is 5.56 Å². The number of nitrogens with two attached hydrogens (primary N) is 1. The maximum absolute atomic E-state index is 5.82. The van der Waals surface area contributed by atoms with E-state index in [0.717, 1.165) is 11.3 Å². The monoisotopic (exact) mass is 271 g/mol. The number of fused-ring (bicyclic) bond motifs is 1. The second-order valence-corrected chi connectivity index (χ2v) is 4.76. The van der Waals surface area contributed by atoms with Gasteiger partial charge in [0.2, 0.25) is 0 Å². The first kappa shape index (κ1) is 12.8. The lowest BCUT2D eigenvalue weighted by atomic mass is 10.2. The van der Waals surface area contributed by atoms with Gasteiger partial charge in [-0.25, -0.2) is 0 Å². The van der Waals surface area contributed by atoms with Crippen molar-refractivity contribution in [2.24, 2.45) is 0 Å². The summed E-state index contributed by atoms with van der Waals surface area (Å²) in [6, 6.07) is 15.5. The van der Waals surface area contributed by atoms with E-state index in [2.05, 4.69) is 0 Å².